The Labute approximate surface area is 172 Å². The van der Waals surface area contributed by atoms with Gasteiger partial charge in [0.2, 0.25) is 0 Å². The maximum Gasteiger partial charge on any atom is 0.414 e. The summed E-state index contributed by atoms with van der Waals surface area (Å²) in [5.41, 5.74) is 3.38. The molecule has 3 aromatic rings. The summed E-state index contributed by atoms with van der Waals surface area (Å²) in [6, 6.07) is 15.2. The monoisotopic (exact) mass is 408 g/mol. The summed E-state index contributed by atoms with van der Waals surface area (Å²) in [5.74, 6) is -1.14. The number of carboxylic acids is 1. The van der Waals surface area contributed by atoms with E-state index >= 15 is 0 Å². The first-order valence-corrected chi connectivity index (χ1v) is 9.49. The lowest BCUT2D eigenvalue weighted by Crippen LogP contribution is -2.33. The van der Waals surface area contributed by atoms with Crippen molar-refractivity contribution < 1.29 is 19.6 Å². The molecule has 30 heavy (non-hydrogen) atoms. The van der Waals surface area contributed by atoms with Gasteiger partial charge in [0.1, 0.15) is 12.8 Å². The van der Waals surface area contributed by atoms with E-state index in [2.05, 4.69) is 9.88 Å². The van der Waals surface area contributed by atoms with E-state index in [1.165, 1.54) is 6.20 Å². The zero-order valence-corrected chi connectivity index (χ0v) is 16.1. The first kappa shape index (κ1) is 19.6. The van der Waals surface area contributed by atoms with Crippen LogP contribution in [0.15, 0.2) is 54.7 Å². The Morgan fingerprint density at radius 3 is 2.37 bits per heavy atom. The first-order valence-electron chi connectivity index (χ1n) is 9.49. The molecule has 0 saturated heterocycles. The molecule has 154 valence electrons. The minimum Gasteiger partial charge on any atom is -0.478 e. The SMILES string of the molecule is O=C(O)c1ccc(-c2ccc(CN3CCOc4nc([N+](=O)[O-])cn4CC3)cc2)cc1. The molecule has 0 spiro atoms. The molecule has 0 unspecified atom stereocenters. The molecule has 0 radical (unpaired) electrons. The highest BCUT2D eigenvalue weighted by Gasteiger charge is 2.22. The molecule has 0 aliphatic carbocycles. The van der Waals surface area contributed by atoms with E-state index in [0.29, 0.717) is 25.7 Å². The normalized spacial score (nSPS) is 14.3. The van der Waals surface area contributed by atoms with Gasteiger partial charge in [0.25, 0.3) is 0 Å². The van der Waals surface area contributed by atoms with Gasteiger partial charge < -0.3 is 20.0 Å². The molecule has 1 aromatic heterocycles. The number of nitrogens with zero attached hydrogens (tertiary/aromatic N) is 4. The Bertz CT molecular complexity index is 1060. The number of nitro groups is 1. The molecule has 1 N–H and O–H groups in total. The summed E-state index contributed by atoms with van der Waals surface area (Å²) in [7, 11) is 0. The number of hydrogen-bond acceptors (Lipinski definition) is 6. The highest BCUT2D eigenvalue weighted by molar-refractivity contribution is 5.88. The van der Waals surface area contributed by atoms with Crippen molar-refractivity contribution in [2.45, 2.75) is 13.1 Å². The average Bonchev–Trinajstić information content (AvgIpc) is 3.13. The molecule has 0 atom stereocenters. The highest BCUT2D eigenvalue weighted by Crippen LogP contribution is 2.22. The molecule has 1 aliphatic heterocycles. The standard InChI is InChI=1S/C21H20N4O5/c26-20(27)18-7-5-17(6-8-18)16-3-1-15(2-4-16)13-23-9-10-24-14-19(25(28)29)22-21(24)30-12-11-23/h1-8,14H,9-13H2,(H,26,27). The van der Waals surface area contributed by atoms with Gasteiger partial charge in [-0.25, -0.2) is 4.79 Å². The fraction of sp³-hybridized carbons (Fsp3) is 0.238. The number of carboxylic acid groups (broad SMARTS) is 1. The number of benzene rings is 2. The number of aromatic carboxylic acids is 1. The zero-order chi connectivity index (χ0) is 21.1. The van der Waals surface area contributed by atoms with Crippen molar-refractivity contribution in [2.24, 2.45) is 0 Å². The van der Waals surface area contributed by atoms with Crippen LogP contribution in [0.2, 0.25) is 0 Å². The quantitative estimate of drug-likeness (QED) is 0.510. The lowest BCUT2D eigenvalue weighted by Gasteiger charge is -2.24. The van der Waals surface area contributed by atoms with Crippen LogP contribution in [0.25, 0.3) is 11.1 Å². The van der Waals surface area contributed by atoms with Crippen LogP contribution in [0.3, 0.4) is 0 Å². The smallest absolute Gasteiger partial charge is 0.414 e. The van der Waals surface area contributed by atoms with Crippen molar-refractivity contribution >= 4 is 11.8 Å². The van der Waals surface area contributed by atoms with Crippen molar-refractivity contribution in [3.8, 4) is 17.1 Å². The Kier molecular flexibility index (Phi) is 5.44. The van der Waals surface area contributed by atoms with Crippen LogP contribution in [-0.2, 0) is 13.1 Å². The molecule has 0 saturated carbocycles. The van der Waals surface area contributed by atoms with Crippen LogP contribution < -0.4 is 4.74 Å². The highest BCUT2D eigenvalue weighted by atomic mass is 16.6. The number of rotatable bonds is 5. The fourth-order valence-corrected chi connectivity index (χ4v) is 3.40. The van der Waals surface area contributed by atoms with Crippen LogP contribution in [0, 0.1) is 10.1 Å². The summed E-state index contributed by atoms with van der Waals surface area (Å²) < 4.78 is 7.27. The molecule has 0 bridgehead atoms. The summed E-state index contributed by atoms with van der Waals surface area (Å²) >= 11 is 0. The van der Waals surface area contributed by atoms with E-state index in [1.54, 1.807) is 28.8 Å². The number of aromatic nitrogens is 2. The van der Waals surface area contributed by atoms with Gasteiger partial charge in [-0.2, -0.15) is 0 Å². The van der Waals surface area contributed by atoms with Gasteiger partial charge in [-0.05, 0) is 33.7 Å². The predicted octanol–water partition coefficient (Wildman–Crippen LogP) is 3.05. The van der Waals surface area contributed by atoms with E-state index in [1.807, 2.05) is 24.3 Å². The van der Waals surface area contributed by atoms with Gasteiger partial charge in [0, 0.05) is 31.2 Å². The van der Waals surface area contributed by atoms with Crippen molar-refractivity contribution in [1.29, 1.82) is 0 Å². The topological polar surface area (TPSA) is 111 Å². The molecule has 2 heterocycles. The van der Waals surface area contributed by atoms with Crippen LogP contribution in [0.1, 0.15) is 15.9 Å². The van der Waals surface area contributed by atoms with Crippen molar-refractivity contribution in [3.05, 3.63) is 76.0 Å². The van der Waals surface area contributed by atoms with Crippen LogP contribution in [0.5, 0.6) is 6.01 Å². The van der Waals surface area contributed by atoms with Crippen molar-refractivity contribution in [1.82, 2.24) is 14.5 Å². The van der Waals surface area contributed by atoms with Gasteiger partial charge >= 0.3 is 17.8 Å². The summed E-state index contributed by atoms with van der Waals surface area (Å²) in [6.07, 6.45) is 1.41. The number of carbonyl (C=O) groups is 1. The third kappa shape index (κ3) is 4.31. The van der Waals surface area contributed by atoms with E-state index in [0.717, 1.165) is 29.8 Å². The molecular weight excluding hydrogens is 388 g/mol. The number of ether oxygens (including phenoxy) is 1. The second-order valence-electron chi connectivity index (χ2n) is 7.04. The maximum atomic E-state index is 11.0. The fourth-order valence-electron chi connectivity index (χ4n) is 3.40. The maximum absolute atomic E-state index is 11.0. The number of fused-ring (bicyclic) bond motifs is 1. The molecule has 0 fully saturated rings. The predicted molar refractivity (Wildman–Crippen MR) is 108 cm³/mol. The van der Waals surface area contributed by atoms with Gasteiger partial charge in [-0.15, -0.1) is 0 Å². The van der Waals surface area contributed by atoms with Crippen LogP contribution in [0.4, 0.5) is 5.82 Å². The van der Waals surface area contributed by atoms with E-state index < -0.39 is 10.9 Å². The molecule has 4 rings (SSSR count). The van der Waals surface area contributed by atoms with Crippen LogP contribution in [-0.4, -0.2) is 50.1 Å². The zero-order valence-electron chi connectivity index (χ0n) is 16.1. The minimum atomic E-state index is -0.938. The molecule has 9 heteroatoms. The average molecular weight is 408 g/mol. The van der Waals surface area contributed by atoms with Gasteiger partial charge in [0.05, 0.1) is 5.56 Å². The van der Waals surface area contributed by atoms with E-state index in [4.69, 9.17) is 9.84 Å². The van der Waals surface area contributed by atoms with Gasteiger partial charge in [0.15, 0.2) is 0 Å². The number of imidazole rings is 1. The largest absolute Gasteiger partial charge is 0.478 e. The van der Waals surface area contributed by atoms with Crippen molar-refractivity contribution in [2.75, 3.05) is 19.7 Å². The van der Waals surface area contributed by atoms with Gasteiger partial charge in [-0.1, -0.05) is 36.4 Å². The lowest BCUT2D eigenvalue weighted by molar-refractivity contribution is -0.389. The third-order valence-electron chi connectivity index (χ3n) is 5.04. The molecular formula is C21H20N4O5. The van der Waals surface area contributed by atoms with Gasteiger partial charge in [-0.3, -0.25) is 9.47 Å². The Morgan fingerprint density at radius 2 is 1.73 bits per heavy atom. The first-order chi connectivity index (χ1) is 14.5. The second-order valence-corrected chi connectivity index (χ2v) is 7.04. The third-order valence-corrected chi connectivity index (χ3v) is 5.04. The molecule has 2 aromatic carbocycles. The second kappa shape index (κ2) is 8.34. The Balaban J connectivity index is 1.40. The minimum absolute atomic E-state index is 0.203. The van der Waals surface area contributed by atoms with Crippen molar-refractivity contribution in [3.63, 3.8) is 0 Å². The summed E-state index contributed by atoms with van der Waals surface area (Å²) in [4.78, 5) is 27.5. The molecule has 9 nitrogen and oxygen atoms in total. The van der Waals surface area contributed by atoms with Crippen LogP contribution >= 0.6 is 0 Å². The summed E-state index contributed by atoms with van der Waals surface area (Å²) in [6.45, 7) is 3.11. The Hall–Kier alpha value is -3.72. The lowest BCUT2D eigenvalue weighted by atomic mass is 10.0. The van der Waals surface area contributed by atoms with E-state index in [9.17, 15) is 14.9 Å². The molecule has 1 aliphatic rings. The van der Waals surface area contributed by atoms with E-state index in [-0.39, 0.29) is 11.4 Å². The Morgan fingerprint density at radius 1 is 1.07 bits per heavy atom. The number of hydrogen-bond donors (Lipinski definition) is 1. The molecule has 0 amide bonds. The summed E-state index contributed by atoms with van der Waals surface area (Å²) in [5, 5.41) is 19.9.